The van der Waals surface area contributed by atoms with Gasteiger partial charge in [-0.15, -0.1) is 0 Å². The number of likely N-dealkylation sites (tertiary alicyclic amines) is 1. The van der Waals surface area contributed by atoms with Gasteiger partial charge in [0.1, 0.15) is 5.60 Å². The van der Waals surface area contributed by atoms with Crippen LogP contribution >= 0.6 is 0 Å². The van der Waals surface area contributed by atoms with Gasteiger partial charge < -0.3 is 20.3 Å². The van der Waals surface area contributed by atoms with Gasteiger partial charge in [0.15, 0.2) is 0 Å². The van der Waals surface area contributed by atoms with Gasteiger partial charge in [-0.3, -0.25) is 0 Å². The number of rotatable bonds is 5. The molecule has 1 fully saturated rings. The average Bonchev–Trinajstić information content (AvgIpc) is 2.55. The normalized spacial score (nSPS) is 25.5. The Balaban J connectivity index is 2.14. The van der Waals surface area contributed by atoms with Crippen LogP contribution < -0.4 is 10.6 Å². The molecule has 0 aromatic carbocycles. The number of hydrogen-bond donors (Lipinski definition) is 2. The zero-order chi connectivity index (χ0) is 15.3. The van der Waals surface area contributed by atoms with E-state index in [-0.39, 0.29) is 12.1 Å². The SMILES string of the molecule is CC(CCNC1CC(C)N(C)C1)NC(=O)OC(C)(C)C. The largest absolute Gasteiger partial charge is 0.444 e. The molecular formula is C15H31N3O2. The van der Waals surface area contributed by atoms with Crippen molar-refractivity contribution in [1.29, 1.82) is 0 Å². The number of hydrogen-bond acceptors (Lipinski definition) is 4. The third-order valence-electron chi connectivity index (χ3n) is 3.66. The van der Waals surface area contributed by atoms with Crippen LogP contribution in [0.2, 0.25) is 0 Å². The smallest absolute Gasteiger partial charge is 0.407 e. The Morgan fingerprint density at radius 1 is 1.45 bits per heavy atom. The molecule has 1 rings (SSSR count). The van der Waals surface area contributed by atoms with Crippen LogP contribution in [0, 0.1) is 0 Å². The topological polar surface area (TPSA) is 53.6 Å². The number of carbonyl (C=O) groups excluding carboxylic acids is 1. The van der Waals surface area contributed by atoms with Crippen LogP contribution in [-0.4, -0.2) is 54.9 Å². The van der Waals surface area contributed by atoms with Gasteiger partial charge in [0.2, 0.25) is 0 Å². The third-order valence-corrected chi connectivity index (χ3v) is 3.66. The molecule has 5 heteroatoms. The summed E-state index contributed by atoms with van der Waals surface area (Å²) in [6.45, 7) is 11.9. The summed E-state index contributed by atoms with van der Waals surface area (Å²) >= 11 is 0. The highest BCUT2D eigenvalue weighted by Gasteiger charge is 2.25. The van der Waals surface area contributed by atoms with E-state index in [4.69, 9.17) is 4.74 Å². The molecule has 1 aliphatic rings. The maximum Gasteiger partial charge on any atom is 0.407 e. The van der Waals surface area contributed by atoms with Crippen molar-refractivity contribution in [2.75, 3.05) is 20.1 Å². The maximum absolute atomic E-state index is 11.6. The molecule has 0 spiro atoms. The zero-order valence-corrected chi connectivity index (χ0v) is 13.8. The van der Waals surface area contributed by atoms with Crippen molar-refractivity contribution in [2.45, 2.75) is 71.2 Å². The minimum absolute atomic E-state index is 0.119. The molecule has 1 aliphatic heterocycles. The van der Waals surface area contributed by atoms with Gasteiger partial charge in [-0.2, -0.15) is 0 Å². The van der Waals surface area contributed by atoms with E-state index in [2.05, 4.69) is 29.5 Å². The highest BCUT2D eigenvalue weighted by atomic mass is 16.6. The van der Waals surface area contributed by atoms with Crippen LogP contribution in [0.3, 0.4) is 0 Å². The number of carbonyl (C=O) groups is 1. The zero-order valence-electron chi connectivity index (χ0n) is 13.8. The Labute approximate surface area is 123 Å². The minimum atomic E-state index is -0.438. The van der Waals surface area contributed by atoms with Crippen molar-refractivity contribution in [3.05, 3.63) is 0 Å². The molecule has 118 valence electrons. The van der Waals surface area contributed by atoms with E-state index in [1.54, 1.807) is 0 Å². The number of ether oxygens (including phenoxy) is 1. The van der Waals surface area contributed by atoms with E-state index in [0.717, 1.165) is 19.5 Å². The number of likely N-dealkylation sites (N-methyl/N-ethyl adjacent to an activating group) is 1. The van der Waals surface area contributed by atoms with Gasteiger partial charge >= 0.3 is 6.09 Å². The van der Waals surface area contributed by atoms with Crippen molar-refractivity contribution >= 4 is 6.09 Å². The summed E-state index contributed by atoms with van der Waals surface area (Å²) in [5.74, 6) is 0. The molecule has 0 saturated carbocycles. The second kappa shape index (κ2) is 7.27. The summed E-state index contributed by atoms with van der Waals surface area (Å²) in [5.41, 5.74) is -0.438. The lowest BCUT2D eigenvalue weighted by atomic mass is 10.1. The fourth-order valence-electron chi connectivity index (χ4n) is 2.43. The van der Waals surface area contributed by atoms with Crippen LogP contribution in [0.1, 0.15) is 47.5 Å². The van der Waals surface area contributed by atoms with Crippen LogP contribution in [0.25, 0.3) is 0 Å². The predicted octanol–water partition coefficient (Wildman–Crippen LogP) is 1.97. The molecule has 3 atom stereocenters. The van der Waals surface area contributed by atoms with Crippen molar-refractivity contribution in [2.24, 2.45) is 0 Å². The highest BCUT2D eigenvalue weighted by molar-refractivity contribution is 5.67. The minimum Gasteiger partial charge on any atom is -0.444 e. The predicted molar refractivity (Wildman–Crippen MR) is 81.9 cm³/mol. The van der Waals surface area contributed by atoms with Crippen LogP contribution in [0.4, 0.5) is 4.79 Å². The molecule has 0 bridgehead atoms. The van der Waals surface area contributed by atoms with E-state index >= 15 is 0 Å². The van der Waals surface area contributed by atoms with Gasteiger partial charge in [0.05, 0.1) is 0 Å². The standard InChI is InChI=1S/C15H31N3O2/c1-11(17-14(19)20-15(3,4)5)7-8-16-13-9-12(2)18(6)10-13/h11-13,16H,7-10H2,1-6H3,(H,17,19). The number of nitrogens with zero attached hydrogens (tertiary/aromatic N) is 1. The second-order valence-corrected chi connectivity index (χ2v) is 7.01. The van der Waals surface area contributed by atoms with Crippen molar-refractivity contribution in [3.8, 4) is 0 Å². The molecule has 0 aliphatic carbocycles. The van der Waals surface area contributed by atoms with Gasteiger partial charge in [0, 0.05) is 24.7 Å². The molecule has 20 heavy (non-hydrogen) atoms. The van der Waals surface area contributed by atoms with E-state index in [1.165, 1.54) is 6.42 Å². The quantitative estimate of drug-likeness (QED) is 0.811. The monoisotopic (exact) mass is 285 g/mol. The lowest BCUT2D eigenvalue weighted by molar-refractivity contribution is 0.0506. The van der Waals surface area contributed by atoms with Crippen LogP contribution in [0.15, 0.2) is 0 Å². The van der Waals surface area contributed by atoms with Gasteiger partial charge in [-0.1, -0.05) is 0 Å². The van der Waals surface area contributed by atoms with E-state index in [9.17, 15) is 4.79 Å². The number of nitrogens with one attached hydrogen (secondary N) is 2. The molecule has 0 aromatic rings. The number of amides is 1. The molecule has 2 N–H and O–H groups in total. The van der Waals surface area contributed by atoms with Crippen LogP contribution in [0.5, 0.6) is 0 Å². The summed E-state index contributed by atoms with van der Waals surface area (Å²) < 4.78 is 5.24. The molecule has 1 amide bonds. The molecule has 0 radical (unpaired) electrons. The summed E-state index contributed by atoms with van der Waals surface area (Å²) in [4.78, 5) is 14.0. The fraction of sp³-hybridized carbons (Fsp3) is 0.933. The maximum atomic E-state index is 11.6. The Morgan fingerprint density at radius 3 is 2.60 bits per heavy atom. The molecular weight excluding hydrogens is 254 g/mol. The molecule has 3 unspecified atom stereocenters. The van der Waals surface area contributed by atoms with E-state index < -0.39 is 5.60 Å². The first-order valence-electron chi connectivity index (χ1n) is 7.60. The van der Waals surface area contributed by atoms with Gasteiger partial charge in [0.25, 0.3) is 0 Å². The lowest BCUT2D eigenvalue weighted by Gasteiger charge is -2.22. The third kappa shape index (κ3) is 6.57. The van der Waals surface area contributed by atoms with Gasteiger partial charge in [-0.25, -0.2) is 4.79 Å². The molecule has 5 nitrogen and oxygen atoms in total. The van der Waals surface area contributed by atoms with E-state index in [0.29, 0.717) is 12.1 Å². The first-order chi connectivity index (χ1) is 9.17. The molecule has 1 saturated heterocycles. The molecule has 1 heterocycles. The number of alkyl carbamates (subject to hydrolysis) is 1. The Morgan fingerprint density at radius 2 is 2.10 bits per heavy atom. The van der Waals surface area contributed by atoms with Crippen molar-refractivity contribution in [3.63, 3.8) is 0 Å². The second-order valence-electron chi connectivity index (χ2n) is 7.01. The van der Waals surface area contributed by atoms with Crippen LogP contribution in [-0.2, 0) is 4.74 Å². The van der Waals surface area contributed by atoms with Gasteiger partial charge in [-0.05, 0) is 61.1 Å². The summed E-state index contributed by atoms with van der Waals surface area (Å²) in [6, 6.07) is 1.35. The highest BCUT2D eigenvalue weighted by Crippen LogP contribution is 2.14. The first kappa shape index (κ1) is 17.2. The summed E-state index contributed by atoms with van der Waals surface area (Å²) in [7, 11) is 2.17. The molecule has 0 aromatic heterocycles. The van der Waals surface area contributed by atoms with Crippen molar-refractivity contribution in [1.82, 2.24) is 15.5 Å². The Bertz CT molecular complexity index is 305. The lowest BCUT2D eigenvalue weighted by Crippen LogP contribution is -2.40. The van der Waals surface area contributed by atoms with Crippen molar-refractivity contribution < 1.29 is 9.53 Å². The van der Waals surface area contributed by atoms with E-state index in [1.807, 2.05) is 27.7 Å². The summed E-state index contributed by atoms with van der Waals surface area (Å²) in [5, 5.41) is 6.43. The Kier molecular flexibility index (Phi) is 6.27. The average molecular weight is 285 g/mol. The first-order valence-corrected chi connectivity index (χ1v) is 7.60. The Hall–Kier alpha value is -0.810. The fourth-order valence-corrected chi connectivity index (χ4v) is 2.43. The summed E-state index contributed by atoms with van der Waals surface area (Å²) in [6.07, 6.45) is 1.78.